The molecule has 4 atom stereocenters. The van der Waals surface area contributed by atoms with Crippen LogP contribution >= 0.6 is 0 Å². The zero-order chi connectivity index (χ0) is 20.5. The first-order valence-electron chi connectivity index (χ1n) is 11.2. The van der Waals surface area contributed by atoms with Crippen molar-refractivity contribution in [3.05, 3.63) is 0 Å². The number of carbonyl (C=O) groups is 1. The molecule has 2 saturated heterocycles. The van der Waals surface area contributed by atoms with E-state index in [1.54, 1.807) is 0 Å². The van der Waals surface area contributed by atoms with E-state index >= 15 is 0 Å². The third-order valence-electron chi connectivity index (χ3n) is 7.88. The highest BCUT2D eigenvalue weighted by Crippen LogP contribution is 2.53. The first-order valence-corrected chi connectivity index (χ1v) is 14.1. The minimum Gasteiger partial charge on any atom is -0.402 e. The maximum atomic E-state index is 13.9. The number of nitrogens with zero attached hydrogens (tertiary/aromatic N) is 1. The van der Waals surface area contributed by atoms with Crippen LogP contribution in [-0.4, -0.2) is 54.8 Å². The Hall–Kier alpha value is -0.433. The van der Waals surface area contributed by atoms with Gasteiger partial charge in [-0.05, 0) is 44.8 Å². The summed E-state index contributed by atoms with van der Waals surface area (Å²) in [6, 6.07) is 0.420. The fourth-order valence-electron chi connectivity index (χ4n) is 5.59. The maximum Gasteiger partial charge on any atom is 0.254 e. The number of ether oxygens (including phenoxy) is 2. The monoisotopic (exact) mass is 409 g/mol. The Bertz CT molecular complexity index is 637. The van der Waals surface area contributed by atoms with Crippen LogP contribution < -0.4 is 0 Å². The topological polar surface area (TPSA) is 48.0 Å². The van der Waals surface area contributed by atoms with Gasteiger partial charge in [-0.15, -0.1) is 0 Å². The smallest absolute Gasteiger partial charge is 0.254 e. The predicted molar refractivity (Wildman–Crippen MR) is 112 cm³/mol. The fraction of sp³-hybridized carbons (Fsp3) is 0.955. The second kappa shape index (κ2) is 6.53. The molecule has 1 amide bonds. The largest absolute Gasteiger partial charge is 0.402 e. The van der Waals surface area contributed by atoms with Gasteiger partial charge in [-0.2, -0.15) is 0 Å². The van der Waals surface area contributed by atoms with Gasteiger partial charge in [0.15, 0.2) is 14.1 Å². The molecule has 2 heterocycles. The van der Waals surface area contributed by atoms with Crippen LogP contribution in [-0.2, 0) is 18.7 Å². The Morgan fingerprint density at radius 3 is 2.32 bits per heavy atom. The molecule has 4 fully saturated rings. The van der Waals surface area contributed by atoms with Crippen LogP contribution in [0.25, 0.3) is 0 Å². The molecule has 0 spiro atoms. The quantitative estimate of drug-likeness (QED) is 0.639. The number of rotatable bonds is 3. The summed E-state index contributed by atoms with van der Waals surface area (Å²) in [6.45, 7) is 15.2. The van der Waals surface area contributed by atoms with Gasteiger partial charge in [0.05, 0.1) is 12.1 Å². The van der Waals surface area contributed by atoms with Crippen molar-refractivity contribution in [2.75, 3.05) is 0 Å². The summed E-state index contributed by atoms with van der Waals surface area (Å²) in [5.74, 6) is -0.368. The molecule has 2 aliphatic heterocycles. The van der Waals surface area contributed by atoms with Crippen molar-refractivity contribution < 1.29 is 18.7 Å². The zero-order valence-corrected chi connectivity index (χ0v) is 19.8. The van der Waals surface area contributed by atoms with Gasteiger partial charge in [-0.25, -0.2) is 0 Å². The van der Waals surface area contributed by atoms with Crippen molar-refractivity contribution in [1.29, 1.82) is 0 Å². The lowest BCUT2D eigenvalue weighted by atomic mass is 9.82. The number of likely N-dealkylation sites (tertiary alicyclic amines) is 1. The van der Waals surface area contributed by atoms with E-state index in [0.29, 0.717) is 12.5 Å². The van der Waals surface area contributed by atoms with Crippen LogP contribution in [0, 0.1) is 0 Å². The van der Waals surface area contributed by atoms with Gasteiger partial charge in [0.25, 0.3) is 5.91 Å². The Morgan fingerprint density at radius 1 is 1.07 bits per heavy atom. The fourth-order valence-corrected chi connectivity index (χ4v) is 7.13. The van der Waals surface area contributed by atoms with Gasteiger partial charge < -0.3 is 18.8 Å². The minimum absolute atomic E-state index is 0.0282. The Balaban J connectivity index is 1.69. The van der Waals surface area contributed by atoms with E-state index in [2.05, 4.69) is 38.8 Å². The summed E-state index contributed by atoms with van der Waals surface area (Å²) in [5.41, 5.74) is -0.726. The van der Waals surface area contributed by atoms with Crippen molar-refractivity contribution in [2.24, 2.45) is 0 Å². The number of hydrogen-bond acceptors (Lipinski definition) is 4. The molecule has 2 bridgehead atoms. The molecule has 0 N–H and O–H groups in total. The molecular weight excluding hydrogens is 370 g/mol. The molecule has 0 radical (unpaired) electrons. The molecule has 0 aromatic heterocycles. The zero-order valence-electron chi connectivity index (χ0n) is 18.8. The number of hydrogen-bond donors (Lipinski definition) is 0. The molecule has 28 heavy (non-hydrogen) atoms. The van der Waals surface area contributed by atoms with Crippen molar-refractivity contribution in [3.8, 4) is 0 Å². The molecule has 2 aliphatic carbocycles. The van der Waals surface area contributed by atoms with E-state index in [4.69, 9.17) is 13.9 Å². The van der Waals surface area contributed by atoms with E-state index in [1.165, 1.54) is 19.3 Å². The summed E-state index contributed by atoms with van der Waals surface area (Å²) >= 11 is 0. The van der Waals surface area contributed by atoms with Crippen molar-refractivity contribution in [3.63, 3.8) is 0 Å². The van der Waals surface area contributed by atoms with Gasteiger partial charge in [0, 0.05) is 18.9 Å². The van der Waals surface area contributed by atoms with Crippen LogP contribution in [0.4, 0.5) is 0 Å². The molecule has 4 aliphatic rings. The first-order chi connectivity index (χ1) is 12.9. The second-order valence-corrected chi connectivity index (χ2v) is 16.2. The van der Waals surface area contributed by atoms with Gasteiger partial charge in [-0.1, -0.05) is 40.0 Å². The first kappa shape index (κ1) is 20.8. The third-order valence-corrected chi connectivity index (χ3v) is 12.4. The average molecular weight is 410 g/mol. The van der Waals surface area contributed by atoms with Crippen LogP contribution in [0.1, 0.15) is 79.6 Å². The number of fused-ring (bicyclic) bond motifs is 4. The van der Waals surface area contributed by atoms with Crippen molar-refractivity contribution >= 4 is 14.2 Å². The summed E-state index contributed by atoms with van der Waals surface area (Å²) in [7, 11) is -2.10. The molecule has 0 aromatic carbocycles. The molecule has 160 valence electrons. The Labute approximate surface area is 171 Å². The molecule has 6 heteroatoms. The van der Waals surface area contributed by atoms with Crippen molar-refractivity contribution in [1.82, 2.24) is 4.90 Å². The second-order valence-electron chi connectivity index (χ2n) is 11.5. The van der Waals surface area contributed by atoms with Crippen molar-refractivity contribution in [2.45, 2.75) is 133 Å². The maximum absolute atomic E-state index is 13.9. The summed E-state index contributed by atoms with van der Waals surface area (Å²) < 4.78 is 19.6. The van der Waals surface area contributed by atoms with E-state index in [9.17, 15) is 4.79 Å². The highest BCUT2D eigenvalue weighted by Gasteiger charge is 2.67. The lowest BCUT2D eigenvalue weighted by Crippen LogP contribution is -2.56. The Morgan fingerprint density at radius 2 is 1.71 bits per heavy atom. The van der Waals surface area contributed by atoms with E-state index in [0.717, 1.165) is 19.3 Å². The summed E-state index contributed by atoms with van der Waals surface area (Å²) in [6.07, 6.45) is 7.24. The molecule has 2 saturated carbocycles. The lowest BCUT2D eigenvalue weighted by Gasteiger charge is -2.45. The predicted octanol–water partition coefficient (Wildman–Crippen LogP) is 4.60. The number of amides is 1. The average Bonchev–Trinajstić information content (AvgIpc) is 2.99. The van der Waals surface area contributed by atoms with Gasteiger partial charge in [0.1, 0.15) is 11.7 Å². The van der Waals surface area contributed by atoms with Crippen LogP contribution in [0.2, 0.25) is 18.1 Å². The standard InChI is InChI=1S/C22H39NO4Si/c1-20(2,3)28(6,7)27-22-13-16(18-17(14-22)25-21(4,5)26-18)23(19(22)24)15-11-9-8-10-12-15/h15-18H,8-14H2,1-7H3/t16-,17-,18+,22-/m1/s1. The highest BCUT2D eigenvalue weighted by atomic mass is 28.4. The third kappa shape index (κ3) is 3.28. The summed E-state index contributed by atoms with van der Waals surface area (Å²) in [5, 5.41) is 0.0684. The Kier molecular flexibility index (Phi) is 4.86. The SMILES string of the molecule is CC1(C)O[C@H]2[C@H]3C[C@@](O[Si](C)(C)C(C)(C)C)(C[C@H]2O1)C(=O)N3C1CCCCC1. The van der Waals surface area contributed by atoms with Gasteiger partial charge >= 0.3 is 0 Å². The van der Waals surface area contributed by atoms with Crippen LogP contribution in [0.5, 0.6) is 0 Å². The molecule has 0 aromatic rings. The highest BCUT2D eigenvalue weighted by molar-refractivity contribution is 6.74. The van der Waals surface area contributed by atoms with Crippen LogP contribution in [0.3, 0.4) is 0 Å². The molecule has 4 rings (SSSR count). The molecule has 0 unspecified atom stereocenters. The van der Waals surface area contributed by atoms with Gasteiger partial charge in [0.2, 0.25) is 0 Å². The summed E-state index contributed by atoms with van der Waals surface area (Å²) in [4.78, 5) is 16.1. The molecule has 5 nitrogen and oxygen atoms in total. The van der Waals surface area contributed by atoms with Gasteiger partial charge in [-0.3, -0.25) is 4.79 Å². The van der Waals surface area contributed by atoms with Crippen LogP contribution in [0.15, 0.2) is 0 Å². The minimum atomic E-state index is -2.10. The van der Waals surface area contributed by atoms with E-state index < -0.39 is 19.7 Å². The number of carbonyl (C=O) groups excluding carboxylic acids is 1. The lowest BCUT2D eigenvalue weighted by molar-refractivity contribution is -0.162. The molecular formula is C22H39NO4Si. The van der Waals surface area contributed by atoms with E-state index in [-0.39, 0.29) is 29.2 Å². The normalized spacial score (nSPS) is 38.8. The van der Waals surface area contributed by atoms with E-state index in [1.807, 2.05) is 13.8 Å².